The van der Waals surface area contributed by atoms with E-state index in [1.54, 1.807) is 19.9 Å². The molecule has 20 heavy (non-hydrogen) atoms. The van der Waals surface area contributed by atoms with E-state index in [1.165, 1.54) is 6.08 Å². The second-order valence-corrected chi connectivity index (χ2v) is 4.55. The van der Waals surface area contributed by atoms with Crippen molar-refractivity contribution >= 4 is 28.4 Å². The van der Waals surface area contributed by atoms with Gasteiger partial charge in [-0.2, -0.15) is 10.5 Å². The molecule has 1 rings (SSSR count). The number of hydrogen-bond acceptors (Lipinski definition) is 7. The quantitative estimate of drug-likeness (QED) is 0.505. The summed E-state index contributed by atoms with van der Waals surface area (Å²) in [5.74, 6) is -0.433. The van der Waals surface area contributed by atoms with E-state index in [4.69, 9.17) is 25.7 Å². The molecule has 0 spiro atoms. The number of thiophene rings is 1. The van der Waals surface area contributed by atoms with Crippen LogP contribution in [0.5, 0.6) is 5.75 Å². The molecular formula is C13H13N3O3S. The highest BCUT2D eigenvalue weighted by Crippen LogP contribution is 2.38. The molecule has 7 heteroatoms. The van der Waals surface area contributed by atoms with Gasteiger partial charge in [0.2, 0.25) is 0 Å². The van der Waals surface area contributed by atoms with E-state index in [9.17, 15) is 4.79 Å². The number of esters is 1. The molecule has 1 heterocycles. The molecule has 104 valence electrons. The predicted molar refractivity (Wildman–Crippen MR) is 74.8 cm³/mol. The maximum atomic E-state index is 11.6. The number of ether oxygens (including phenoxy) is 2. The van der Waals surface area contributed by atoms with Gasteiger partial charge in [0.05, 0.1) is 18.1 Å². The number of hydrogen-bond donors (Lipinski definition) is 1. The summed E-state index contributed by atoms with van der Waals surface area (Å²) < 4.78 is 10.1. The van der Waals surface area contributed by atoms with Crippen LogP contribution in [0.4, 0.5) is 5.00 Å². The number of nitrogens with two attached hydrogens (primary N) is 1. The molecule has 1 aromatic heterocycles. The number of carbonyl (C=O) groups excluding carboxylic acids is 1. The van der Waals surface area contributed by atoms with Crippen molar-refractivity contribution in [3.8, 4) is 17.9 Å². The predicted octanol–water partition coefficient (Wildman–Crippen LogP) is 2.07. The standard InChI is InChI=1S/C13H13N3O3S/c1-3-18-11-9(7-15)12(16)20-10(11)5-8(6-14)13(17)19-4-2/h5H,3-4,16H2,1-2H3. The maximum absolute atomic E-state index is 11.6. The van der Waals surface area contributed by atoms with Gasteiger partial charge in [-0.15, -0.1) is 11.3 Å². The van der Waals surface area contributed by atoms with Gasteiger partial charge in [0.25, 0.3) is 0 Å². The average molecular weight is 291 g/mol. The van der Waals surface area contributed by atoms with Crippen LogP contribution in [0.1, 0.15) is 24.3 Å². The molecule has 0 unspecified atom stereocenters. The Morgan fingerprint density at radius 2 is 2.10 bits per heavy atom. The van der Waals surface area contributed by atoms with Crippen molar-refractivity contribution in [2.75, 3.05) is 18.9 Å². The number of nitrogens with zero attached hydrogens (tertiary/aromatic N) is 2. The van der Waals surface area contributed by atoms with Crippen molar-refractivity contribution in [2.24, 2.45) is 0 Å². The largest absolute Gasteiger partial charge is 0.491 e. The smallest absolute Gasteiger partial charge is 0.348 e. The van der Waals surface area contributed by atoms with E-state index in [0.29, 0.717) is 11.5 Å². The number of rotatable bonds is 5. The number of nitrogen functional groups attached to an aromatic ring is 1. The Morgan fingerprint density at radius 3 is 2.60 bits per heavy atom. The van der Waals surface area contributed by atoms with Gasteiger partial charge in [0.1, 0.15) is 28.3 Å². The second kappa shape index (κ2) is 7.17. The lowest BCUT2D eigenvalue weighted by molar-refractivity contribution is -0.137. The second-order valence-electron chi connectivity index (χ2n) is 3.47. The minimum Gasteiger partial charge on any atom is -0.491 e. The zero-order chi connectivity index (χ0) is 15.1. The Labute approximate surface area is 120 Å². The van der Waals surface area contributed by atoms with Crippen molar-refractivity contribution in [3.05, 3.63) is 16.0 Å². The highest BCUT2D eigenvalue weighted by molar-refractivity contribution is 7.17. The summed E-state index contributed by atoms with van der Waals surface area (Å²) in [6, 6.07) is 3.71. The fraction of sp³-hybridized carbons (Fsp3) is 0.308. The number of nitriles is 2. The van der Waals surface area contributed by atoms with Crippen LogP contribution in [0.25, 0.3) is 6.08 Å². The number of anilines is 1. The van der Waals surface area contributed by atoms with Gasteiger partial charge in [-0.25, -0.2) is 4.79 Å². The Morgan fingerprint density at radius 1 is 1.40 bits per heavy atom. The third-order valence-corrected chi connectivity index (χ3v) is 3.16. The number of carbonyl (C=O) groups is 1. The molecule has 1 aromatic rings. The van der Waals surface area contributed by atoms with Crippen molar-refractivity contribution in [2.45, 2.75) is 13.8 Å². The highest BCUT2D eigenvalue weighted by atomic mass is 32.1. The van der Waals surface area contributed by atoms with Crippen LogP contribution in [0.2, 0.25) is 0 Å². The maximum Gasteiger partial charge on any atom is 0.348 e. The van der Waals surface area contributed by atoms with E-state index < -0.39 is 5.97 Å². The third kappa shape index (κ3) is 3.28. The Bertz CT molecular complexity index is 620. The molecule has 0 amide bonds. The molecule has 0 bridgehead atoms. The van der Waals surface area contributed by atoms with E-state index >= 15 is 0 Å². The van der Waals surface area contributed by atoms with Gasteiger partial charge in [-0.3, -0.25) is 0 Å². The zero-order valence-electron chi connectivity index (χ0n) is 11.1. The summed E-state index contributed by atoms with van der Waals surface area (Å²) in [4.78, 5) is 12.0. The van der Waals surface area contributed by atoms with E-state index in [1.807, 2.05) is 6.07 Å². The van der Waals surface area contributed by atoms with Crippen LogP contribution in [-0.2, 0) is 9.53 Å². The van der Waals surface area contributed by atoms with Crippen molar-refractivity contribution in [1.82, 2.24) is 0 Å². The lowest BCUT2D eigenvalue weighted by Crippen LogP contribution is -2.06. The Kier molecular flexibility index (Phi) is 5.57. The van der Waals surface area contributed by atoms with Crippen LogP contribution < -0.4 is 10.5 Å². The molecule has 0 aliphatic carbocycles. The summed E-state index contributed by atoms with van der Waals surface area (Å²) >= 11 is 1.08. The van der Waals surface area contributed by atoms with Gasteiger partial charge < -0.3 is 15.2 Å². The summed E-state index contributed by atoms with van der Waals surface area (Å²) in [6.07, 6.45) is 1.32. The molecule has 0 saturated carbocycles. The minimum atomic E-state index is -0.720. The summed E-state index contributed by atoms with van der Waals surface area (Å²) in [6.45, 7) is 3.92. The SMILES string of the molecule is CCOC(=O)C(C#N)=Cc1sc(N)c(C#N)c1OCC. The lowest BCUT2D eigenvalue weighted by atomic mass is 10.2. The van der Waals surface area contributed by atoms with Crippen LogP contribution >= 0.6 is 11.3 Å². The van der Waals surface area contributed by atoms with Crippen molar-refractivity contribution in [1.29, 1.82) is 10.5 Å². The van der Waals surface area contributed by atoms with Crippen LogP contribution in [-0.4, -0.2) is 19.2 Å². The summed E-state index contributed by atoms with van der Waals surface area (Å²) in [5, 5.41) is 18.3. The van der Waals surface area contributed by atoms with Crippen molar-refractivity contribution < 1.29 is 14.3 Å². The van der Waals surface area contributed by atoms with Gasteiger partial charge in [0, 0.05) is 0 Å². The first-order valence-corrected chi connectivity index (χ1v) is 6.64. The average Bonchev–Trinajstić information content (AvgIpc) is 2.72. The molecule has 2 N–H and O–H groups in total. The van der Waals surface area contributed by atoms with E-state index in [2.05, 4.69) is 0 Å². The lowest BCUT2D eigenvalue weighted by Gasteiger charge is -2.03. The summed E-state index contributed by atoms with van der Waals surface area (Å²) in [7, 11) is 0. The van der Waals surface area contributed by atoms with Crippen LogP contribution in [0, 0.1) is 22.7 Å². The zero-order valence-corrected chi connectivity index (χ0v) is 11.9. The third-order valence-electron chi connectivity index (χ3n) is 2.21. The molecule has 0 aromatic carbocycles. The first kappa shape index (κ1) is 15.5. The Hall–Kier alpha value is -2.51. The van der Waals surface area contributed by atoms with Gasteiger partial charge in [-0.05, 0) is 19.9 Å². The molecule has 0 fully saturated rings. The summed E-state index contributed by atoms with van der Waals surface area (Å²) in [5.41, 5.74) is 5.77. The fourth-order valence-corrected chi connectivity index (χ4v) is 2.32. The molecule has 0 atom stereocenters. The van der Waals surface area contributed by atoms with Crippen molar-refractivity contribution in [3.63, 3.8) is 0 Å². The minimum absolute atomic E-state index is 0.168. The molecular weight excluding hydrogens is 278 g/mol. The van der Waals surface area contributed by atoms with Crippen LogP contribution in [0.3, 0.4) is 0 Å². The highest BCUT2D eigenvalue weighted by Gasteiger charge is 2.19. The van der Waals surface area contributed by atoms with Gasteiger partial charge in [0.15, 0.2) is 5.75 Å². The van der Waals surface area contributed by atoms with Gasteiger partial charge in [-0.1, -0.05) is 0 Å². The monoisotopic (exact) mass is 291 g/mol. The fourth-order valence-electron chi connectivity index (χ4n) is 1.42. The molecule has 6 nitrogen and oxygen atoms in total. The molecule has 0 aliphatic heterocycles. The normalized spacial score (nSPS) is 10.5. The molecule has 0 saturated heterocycles. The first-order chi connectivity index (χ1) is 9.58. The first-order valence-electron chi connectivity index (χ1n) is 5.83. The Balaban J connectivity index is 3.29. The van der Waals surface area contributed by atoms with Crippen LogP contribution in [0.15, 0.2) is 5.57 Å². The molecule has 0 radical (unpaired) electrons. The van der Waals surface area contributed by atoms with E-state index in [-0.39, 0.29) is 28.5 Å². The van der Waals surface area contributed by atoms with E-state index in [0.717, 1.165) is 11.3 Å². The topological polar surface area (TPSA) is 109 Å². The molecule has 0 aliphatic rings. The van der Waals surface area contributed by atoms with Gasteiger partial charge >= 0.3 is 5.97 Å².